The number of nitrogens with zero attached hydrogens (tertiary/aromatic N) is 1. The molecule has 6 nitrogen and oxygen atoms in total. The van der Waals surface area contributed by atoms with Gasteiger partial charge in [-0.1, -0.05) is 18.9 Å². The summed E-state index contributed by atoms with van der Waals surface area (Å²) in [5, 5.41) is 5.74. The molecule has 4 N–H and O–H groups in total. The van der Waals surface area contributed by atoms with Gasteiger partial charge in [0.25, 0.3) is 0 Å². The Bertz CT molecular complexity index is 540. The largest absolute Gasteiger partial charge is 0.330 e. The Labute approximate surface area is 143 Å². The Kier molecular flexibility index (Phi) is 7.71. The SMILES string of the molecule is NCCCC(=O)Nc1cccc(NC(=O)CN2CCCCCC2)c1. The lowest BCUT2D eigenvalue weighted by atomic mass is 10.2. The van der Waals surface area contributed by atoms with Crippen molar-refractivity contribution in [2.24, 2.45) is 5.73 Å². The second-order valence-corrected chi connectivity index (χ2v) is 6.26. The number of rotatable bonds is 7. The first-order chi connectivity index (χ1) is 11.7. The normalized spacial score (nSPS) is 15.5. The van der Waals surface area contributed by atoms with Gasteiger partial charge in [0.05, 0.1) is 6.54 Å². The van der Waals surface area contributed by atoms with E-state index in [2.05, 4.69) is 15.5 Å². The van der Waals surface area contributed by atoms with Gasteiger partial charge in [-0.15, -0.1) is 0 Å². The molecule has 132 valence electrons. The van der Waals surface area contributed by atoms with Gasteiger partial charge in [-0.2, -0.15) is 0 Å². The molecule has 0 spiro atoms. The molecule has 24 heavy (non-hydrogen) atoms. The molecule has 1 aliphatic heterocycles. The topological polar surface area (TPSA) is 87.5 Å². The maximum absolute atomic E-state index is 12.2. The lowest BCUT2D eigenvalue weighted by Gasteiger charge is -2.19. The molecule has 0 aromatic heterocycles. The molecule has 1 aromatic rings. The van der Waals surface area contributed by atoms with Gasteiger partial charge in [-0.25, -0.2) is 0 Å². The van der Waals surface area contributed by atoms with Crippen molar-refractivity contribution >= 4 is 23.2 Å². The smallest absolute Gasteiger partial charge is 0.238 e. The number of nitrogens with two attached hydrogens (primary N) is 1. The summed E-state index contributed by atoms with van der Waals surface area (Å²) < 4.78 is 0. The highest BCUT2D eigenvalue weighted by molar-refractivity contribution is 5.94. The third-order valence-electron chi connectivity index (χ3n) is 4.10. The van der Waals surface area contributed by atoms with E-state index in [1.165, 1.54) is 12.8 Å². The number of likely N-dealkylation sites (tertiary alicyclic amines) is 1. The first kappa shape index (κ1) is 18.4. The Morgan fingerprint density at radius 3 is 2.25 bits per heavy atom. The quantitative estimate of drug-likeness (QED) is 0.714. The second kappa shape index (κ2) is 10.1. The minimum atomic E-state index is -0.0616. The molecule has 0 atom stereocenters. The highest BCUT2D eigenvalue weighted by atomic mass is 16.2. The van der Waals surface area contributed by atoms with Gasteiger partial charge in [0.2, 0.25) is 11.8 Å². The van der Waals surface area contributed by atoms with E-state index in [4.69, 9.17) is 5.73 Å². The van der Waals surface area contributed by atoms with Gasteiger partial charge >= 0.3 is 0 Å². The van der Waals surface area contributed by atoms with Crippen molar-refractivity contribution in [3.63, 3.8) is 0 Å². The summed E-state index contributed by atoms with van der Waals surface area (Å²) in [6, 6.07) is 7.24. The summed E-state index contributed by atoms with van der Waals surface area (Å²) in [7, 11) is 0. The molecule has 0 aliphatic carbocycles. The van der Waals surface area contributed by atoms with E-state index in [0.29, 0.717) is 37.3 Å². The van der Waals surface area contributed by atoms with Gasteiger partial charge in [0, 0.05) is 17.8 Å². The second-order valence-electron chi connectivity index (χ2n) is 6.26. The Morgan fingerprint density at radius 1 is 1.00 bits per heavy atom. The summed E-state index contributed by atoms with van der Waals surface area (Å²) in [6.45, 7) is 2.91. The van der Waals surface area contributed by atoms with Crippen LogP contribution in [0.25, 0.3) is 0 Å². The molecular formula is C18H28N4O2. The Balaban J connectivity index is 1.84. The fraction of sp³-hybridized carbons (Fsp3) is 0.556. The van der Waals surface area contributed by atoms with E-state index >= 15 is 0 Å². The molecule has 1 saturated heterocycles. The highest BCUT2D eigenvalue weighted by Crippen LogP contribution is 2.16. The van der Waals surface area contributed by atoms with Gasteiger partial charge in [0.15, 0.2) is 0 Å². The van der Waals surface area contributed by atoms with Crippen LogP contribution in [0.2, 0.25) is 0 Å². The minimum Gasteiger partial charge on any atom is -0.330 e. The molecule has 1 aliphatic rings. The summed E-state index contributed by atoms with van der Waals surface area (Å²) in [5.41, 5.74) is 6.79. The van der Waals surface area contributed by atoms with E-state index < -0.39 is 0 Å². The number of hydrogen-bond acceptors (Lipinski definition) is 4. The van der Waals surface area contributed by atoms with Crippen LogP contribution >= 0.6 is 0 Å². The van der Waals surface area contributed by atoms with Crippen molar-refractivity contribution in [2.45, 2.75) is 38.5 Å². The van der Waals surface area contributed by atoms with Crippen LogP contribution < -0.4 is 16.4 Å². The zero-order valence-corrected chi connectivity index (χ0v) is 14.2. The minimum absolute atomic E-state index is 0.0106. The van der Waals surface area contributed by atoms with E-state index in [9.17, 15) is 9.59 Å². The van der Waals surface area contributed by atoms with E-state index in [-0.39, 0.29) is 11.8 Å². The number of nitrogens with one attached hydrogen (secondary N) is 2. The van der Waals surface area contributed by atoms with E-state index in [1.807, 2.05) is 18.2 Å². The number of carbonyl (C=O) groups is 2. The summed E-state index contributed by atoms with van der Waals surface area (Å²) in [4.78, 5) is 26.2. The maximum Gasteiger partial charge on any atom is 0.238 e. The first-order valence-corrected chi connectivity index (χ1v) is 8.79. The molecule has 2 rings (SSSR count). The van der Waals surface area contributed by atoms with E-state index in [1.54, 1.807) is 6.07 Å². The van der Waals surface area contributed by atoms with Gasteiger partial charge in [-0.05, 0) is 57.1 Å². The van der Waals surface area contributed by atoms with Crippen LogP contribution in [0.5, 0.6) is 0 Å². The first-order valence-electron chi connectivity index (χ1n) is 8.79. The van der Waals surface area contributed by atoms with Crippen LogP contribution in [0.15, 0.2) is 24.3 Å². The van der Waals surface area contributed by atoms with Crippen LogP contribution in [-0.4, -0.2) is 42.9 Å². The van der Waals surface area contributed by atoms with Crippen LogP contribution in [0, 0.1) is 0 Å². The lowest BCUT2D eigenvalue weighted by molar-refractivity contribution is -0.117. The molecule has 2 amide bonds. The monoisotopic (exact) mass is 332 g/mol. The molecule has 0 saturated carbocycles. The average molecular weight is 332 g/mol. The van der Waals surface area contributed by atoms with Crippen LogP contribution in [0.3, 0.4) is 0 Å². The Hall–Kier alpha value is -1.92. The predicted octanol–water partition coefficient (Wildman–Crippen LogP) is 2.18. The molecule has 0 bridgehead atoms. The van der Waals surface area contributed by atoms with Crippen molar-refractivity contribution in [1.29, 1.82) is 0 Å². The molecular weight excluding hydrogens is 304 g/mol. The molecule has 0 unspecified atom stereocenters. The van der Waals surface area contributed by atoms with Crippen molar-refractivity contribution in [1.82, 2.24) is 4.90 Å². The average Bonchev–Trinajstić information content (AvgIpc) is 2.81. The summed E-state index contributed by atoms with van der Waals surface area (Å²) in [5.74, 6) is -0.0722. The highest BCUT2D eigenvalue weighted by Gasteiger charge is 2.13. The summed E-state index contributed by atoms with van der Waals surface area (Å²) >= 11 is 0. The lowest BCUT2D eigenvalue weighted by Crippen LogP contribution is -2.33. The zero-order valence-electron chi connectivity index (χ0n) is 14.2. The van der Waals surface area contributed by atoms with Crippen LogP contribution in [0.1, 0.15) is 38.5 Å². The van der Waals surface area contributed by atoms with Crippen molar-refractivity contribution in [3.05, 3.63) is 24.3 Å². The number of benzene rings is 1. The van der Waals surface area contributed by atoms with Crippen molar-refractivity contribution in [2.75, 3.05) is 36.8 Å². The molecule has 0 radical (unpaired) electrons. The van der Waals surface area contributed by atoms with Gasteiger partial charge in [-0.3, -0.25) is 14.5 Å². The van der Waals surface area contributed by atoms with Crippen molar-refractivity contribution < 1.29 is 9.59 Å². The van der Waals surface area contributed by atoms with Crippen LogP contribution in [-0.2, 0) is 9.59 Å². The number of carbonyl (C=O) groups excluding carboxylic acids is 2. The van der Waals surface area contributed by atoms with Gasteiger partial charge in [0.1, 0.15) is 0 Å². The standard InChI is InChI=1S/C18H28N4O2/c19-10-6-9-17(23)20-15-7-5-8-16(13-15)21-18(24)14-22-11-3-1-2-4-12-22/h5,7-8,13H,1-4,6,9-12,14,19H2,(H,20,23)(H,21,24). The number of amides is 2. The third-order valence-corrected chi connectivity index (χ3v) is 4.10. The number of anilines is 2. The zero-order chi connectivity index (χ0) is 17.2. The number of hydrogen-bond donors (Lipinski definition) is 3. The molecule has 6 heteroatoms. The third kappa shape index (κ3) is 6.68. The molecule has 1 fully saturated rings. The van der Waals surface area contributed by atoms with Gasteiger partial charge < -0.3 is 16.4 Å². The predicted molar refractivity (Wildman–Crippen MR) is 96.9 cm³/mol. The summed E-state index contributed by atoms with van der Waals surface area (Å²) in [6.07, 6.45) is 5.91. The van der Waals surface area contributed by atoms with Crippen LogP contribution in [0.4, 0.5) is 11.4 Å². The Morgan fingerprint density at radius 2 is 1.62 bits per heavy atom. The maximum atomic E-state index is 12.2. The fourth-order valence-electron chi connectivity index (χ4n) is 2.86. The van der Waals surface area contributed by atoms with E-state index in [0.717, 1.165) is 25.9 Å². The molecule has 1 heterocycles. The van der Waals surface area contributed by atoms with Crippen molar-refractivity contribution in [3.8, 4) is 0 Å². The molecule has 1 aromatic carbocycles. The fourth-order valence-corrected chi connectivity index (χ4v) is 2.86.